The van der Waals surface area contributed by atoms with Crippen LogP contribution in [0.25, 0.3) is 21.9 Å². The summed E-state index contributed by atoms with van der Waals surface area (Å²) >= 11 is 0. The van der Waals surface area contributed by atoms with E-state index in [1.54, 1.807) is 6.07 Å². The summed E-state index contributed by atoms with van der Waals surface area (Å²) in [7, 11) is 0. The molecule has 0 spiro atoms. The largest absolute Gasteiger partial charge is 0.464 e. The van der Waals surface area contributed by atoms with Crippen molar-refractivity contribution >= 4 is 21.9 Å². The molecule has 0 unspecified atom stereocenters. The normalized spacial score (nSPS) is 14.1. The van der Waals surface area contributed by atoms with Gasteiger partial charge in [0.05, 0.1) is 11.6 Å². The molecule has 3 aromatic rings. The predicted octanol–water partition coefficient (Wildman–Crippen LogP) is 2.70. The highest BCUT2D eigenvalue weighted by Gasteiger charge is 2.22. The van der Waals surface area contributed by atoms with Gasteiger partial charge in [0.1, 0.15) is 11.2 Å². The maximum Gasteiger partial charge on any atom is 0.339 e. The average molecular weight is 268 g/mol. The summed E-state index contributed by atoms with van der Waals surface area (Å²) in [6.45, 7) is 1.82. The smallest absolute Gasteiger partial charge is 0.339 e. The Hall–Kier alpha value is -2.36. The summed E-state index contributed by atoms with van der Waals surface area (Å²) in [5.74, 6) is 0. The average Bonchev–Trinajstić information content (AvgIpc) is 2.92. The van der Waals surface area contributed by atoms with Gasteiger partial charge in [0.25, 0.3) is 0 Å². The van der Waals surface area contributed by atoms with Gasteiger partial charge < -0.3 is 8.83 Å². The zero-order chi connectivity index (χ0) is 13.9. The third kappa shape index (κ3) is 1.36. The molecule has 2 heterocycles. The minimum absolute atomic E-state index is 0.0748. The number of hydrogen-bond acceptors (Lipinski definition) is 4. The van der Waals surface area contributed by atoms with Crippen LogP contribution in [0.1, 0.15) is 23.1 Å². The maximum absolute atomic E-state index is 12.0. The fraction of sp³-hybridized carbons (Fsp3) is 0.250. The molecule has 1 aromatic carbocycles. The molecule has 4 rings (SSSR count). The quantitative estimate of drug-likeness (QED) is 0.464. The van der Waals surface area contributed by atoms with E-state index in [0.29, 0.717) is 22.1 Å². The molecule has 0 amide bonds. The van der Waals surface area contributed by atoms with E-state index in [2.05, 4.69) is 0 Å². The molecule has 0 N–H and O–H groups in total. The molecule has 4 nitrogen and oxygen atoms in total. The fourth-order valence-corrected chi connectivity index (χ4v) is 3.15. The summed E-state index contributed by atoms with van der Waals surface area (Å²) in [5.41, 5.74) is 3.20. The summed E-state index contributed by atoms with van der Waals surface area (Å²) < 4.78 is 10.9. The van der Waals surface area contributed by atoms with Crippen LogP contribution in [0.4, 0.5) is 0 Å². The highest BCUT2D eigenvalue weighted by Crippen LogP contribution is 2.32. The molecule has 1 aliphatic carbocycles. The monoisotopic (exact) mass is 268 g/mol. The lowest BCUT2D eigenvalue weighted by atomic mass is 10.0. The topological polar surface area (TPSA) is 60.4 Å². The van der Waals surface area contributed by atoms with Crippen molar-refractivity contribution in [3.63, 3.8) is 0 Å². The lowest BCUT2D eigenvalue weighted by Gasteiger charge is -2.08. The molecular formula is C16H12O4. The van der Waals surface area contributed by atoms with Crippen molar-refractivity contribution in [3.05, 3.63) is 55.7 Å². The molecule has 1 aliphatic rings. The Morgan fingerprint density at radius 1 is 1.05 bits per heavy atom. The van der Waals surface area contributed by atoms with Crippen LogP contribution < -0.4 is 11.1 Å². The van der Waals surface area contributed by atoms with Gasteiger partial charge in [0, 0.05) is 22.6 Å². The van der Waals surface area contributed by atoms with Crippen molar-refractivity contribution in [1.29, 1.82) is 0 Å². The van der Waals surface area contributed by atoms with E-state index in [-0.39, 0.29) is 11.1 Å². The standard InChI is InChI=1S/C16H12O4/c1-8-14-12(13(17)5-6-19-14)7-11-9-3-2-4-10(9)16(18)20-15(8)11/h5-7H,2-4H2,1H3. The van der Waals surface area contributed by atoms with Gasteiger partial charge >= 0.3 is 5.63 Å². The highest BCUT2D eigenvalue weighted by atomic mass is 16.4. The molecule has 2 aromatic heterocycles. The number of aryl methyl sites for hydroxylation is 2. The second-order valence-corrected chi connectivity index (χ2v) is 5.24. The predicted molar refractivity (Wildman–Crippen MR) is 75.3 cm³/mol. The van der Waals surface area contributed by atoms with Gasteiger partial charge in [-0.15, -0.1) is 0 Å². The van der Waals surface area contributed by atoms with Crippen LogP contribution in [-0.4, -0.2) is 0 Å². The van der Waals surface area contributed by atoms with E-state index in [1.165, 1.54) is 12.3 Å². The summed E-state index contributed by atoms with van der Waals surface area (Å²) in [6.07, 6.45) is 3.95. The zero-order valence-corrected chi connectivity index (χ0v) is 11.0. The number of hydrogen-bond donors (Lipinski definition) is 0. The first-order valence-electron chi connectivity index (χ1n) is 6.66. The van der Waals surface area contributed by atoms with Crippen molar-refractivity contribution in [2.75, 3.05) is 0 Å². The van der Waals surface area contributed by atoms with Crippen molar-refractivity contribution in [2.45, 2.75) is 26.2 Å². The van der Waals surface area contributed by atoms with Crippen LogP contribution in [0.15, 0.2) is 36.8 Å². The molecule has 0 aliphatic heterocycles. The molecule has 0 fully saturated rings. The molecule has 0 saturated heterocycles. The minimum atomic E-state index is -0.259. The van der Waals surface area contributed by atoms with Crippen LogP contribution in [0, 0.1) is 6.92 Å². The van der Waals surface area contributed by atoms with E-state index in [1.807, 2.05) is 6.92 Å². The molecular weight excluding hydrogens is 256 g/mol. The number of fused-ring (bicyclic) bond motifs is 4. The Labute approximate surface area is 113 Å². The van der Waals surface area contributed by atoms with Crippen LogP contribution >= 0.6 is 0 Å². The molecule has 0 saturated carbocycles. The maximum atomic E-state index is 12.0. The Kier molecular flexibility index (Phi) is 2.19. The van der Waals surface area contributed by atoms with Crippen LogP contribution in [0.5, 0.6) is 0 Å². The van der Waals surface area contributed by atoms with Crippen LogP contribution in [0.3, 0.4) is 0 Å². The van der Waals surface area contributed by atoms with E-state index in [4.69, 9.17) is 8.83 Å². The molecule has 0 atom stereocenters. The number of rotatable bonds is 0. The zero-order valence-electron chi connectivity index (χ0n) is 11.0. The lowest BCUT2D eigenvalue weighted by Crippen LogP contribution is -2.08. The minimum Gasteiger partial charge on any atom is -0.464 e. The van der Waals surface area contributed by atoms with E-state index >= 15 is 0 Å². The van der Waals surface area contributed by atoms with Gasteiger partial charge in [-0.3, -0.25) is 4.79 Å². The molecule has 4 heteroatoms. The Morgan fingerprint density at radius 2 is 1.85 bits per heavy atom. The summed E-state index contributed by atoms with van der Waals surface area (Å²) in [5, 5.41) is 1.42. The third-order valence-corrected chi connectivity index (χ3v) is 4.11. The van der Waals surface area contributed by atoms with Gasteiger partial charge in [-0.1, -0.05) is 0 Å². The summed E-state index contributed by atoms with van der Waals surface area (Å²) in [4.78, 5) is 24.0. The van der Waals surface area contributed by atoms with Gasteiger partial charge in [-0.05, 0) is 37.8 Å². The molecule has 0 bridgehead atoms. The molecule has 0 radical (unpaired) electrons. The first-order chi connectivity index (χ1) is 9.66. The summed E-state index contributed by atoms with van der Waals surface area (Å²) in [6, 6.07) is 3.21. The van der Waals surface area contributed by atoms with Crippen molar-refractivity contribution in [2.24, 2.45) is 0 Å². The van der Waals surface area contributed by atoms with E-state index in [9.17, 15) is 9.59 Å². The Bertz CT molecular complexity index is 976. The SMILES string of the molecule is Cc1c2oc(=O)c3c(c2cc2c(=O)ccoc12)CCC3. The first-order valence-corrected chi connectivity index (χ1v) is 6.66. The van der Waals surface area contributed by atoms with Gasteiger partial charge in [0.15, 0.2) is 5.43 Å². The Balaban J connectivity index is 2.32. The first kappa shape index (κ1) is 11.5. The van der Waals surface area contributed by atoms with Crippen LogP contribution in [-0.2, 0) is 12.8 Å². The Morgan fingerprint density at radius 3 is 2.70 bits per heavy atom. The fourth-order valence-electron chi connectivity index (χ4n) is 3.15. The van der Waals surface area contributed by atoms with Crippen molar-refractivity contribution in [1.82, 2.24) is 0 Å². The molecule has 100 valence electrons. The van der Waals surface area contributed by atoms with Crippen molar-refractivity contribution < 1.29 is 8.83 Å². The van der Waals surface area contributed by atoms with Crippen LogP contribution in [0.2, 0.25) is 0 Å². The second kappa shape index (κ2) is 3.82. The van der Waals surface area contributed by atoms with Gasteiger partial charge in [0.2, 0.25) is 0 Å². The molecule has 20 heavy (non-hydrogen) atoms. The van der Waals surface area contributed by atoms with E-state index in [0.717, 1.165) is 35.8 Å². The van der Waals surface area contributed by atoms with Crippen molar-refractivity contribution in [3.8, 4) is 0 Å². The number of benzene rings is 1. The lowest BCUT2D eigenvalue weighted by molar-refractivity contribution is 0.547. The third-order valence-electron chi connectivity index (χ3n) is 4.11. The highest BCUT2D eigenvalue weighted by molar-refractivity contribution is 5.98. The van der Waals surface area contributed by atoms with Gasteiger partial charge in [-0.25, -0.2) is 4.79 Å². The second-order valence-electron chi connectivity index (χ2n) is 5.24. The van der Waals surface area contributed by atoms with E-state index < -0.39 is 0 Å². The van der Waals surface area contributed by atoms with Gasteiger partial charge in [-0.2, -0.15) is 0 Å².